The average molecular weight is 248 g/mol. The monoisotopic (exact) mass is 248 g/mol. The molecule has 0 fully saturated rings. The van der Waals surface area contributed by atoms with Crippen LogP contribution in [-0.4, -0.2) is 20.8 Å². The van der Waals surface area contributed by atoms with E-state index < -0.39 is 10.0 Å². The lowest BCUT2D eigenvalue weighted by Crippen LogP contribution is -2.22. The molecule has 1 aromatic rings. The highest BCUT2D eigenvalue weighted by atomic mass is 32.2. The molecule has 0 saturated heterocycles. The fourth-order valence-corrected chi connectivity index (χ4v) is 2.85. The number of hydrogen-bond acceptors (Lipinski definition) is 3. The van der Waals surface area contributed by atoms with E-state index in [1.54, 1.807) is 31.2 Å². The van der Waals surface area contributed by atoms with Crippen LogP contribution >= 0.6 is 0 Å². The summed E-state index contributed by atoms with van der Waals surface area (Å²) in [5.41, 5.74) is 0.636. The smallest absolute Gasteiger partial charge is 0.263 e. The molecule has 0 atom stereocenters. The van der Waals surface area contributed by atoms with Gasteiger partial charge in [0.25, 0.3) is 10.0 Å². The van der Waals surface area contributed by atoms with E-state index in [0.29, 0.717) is 29.3 Å². The van der Waals surface area contributed by atoms with Crippen LogP contribution in [0, 0.1) is 11.8 Å². The molecule has 1 N–H and O–H groups in total. The second-order valence-corrected chi connectivity index (χ2v) is 5.16. The van der Waals surface area contributed by atoms with Crippen LogP contribution in [0.4, 0.5) is 0 Å². The van der Waals surface area contributed by atoms with Crippen molar-refractivity contribution in [2.45, 2.75) is 18.2 Å². The van der Waals surface area contributed by atoms with Crippen molar-refractivity contribution in [1.29, 1.82) is 0 Å². The Labute approximate surface area is 101 Å². The van der Waals surface area contributed by atoms with Crippen LogP contribution in [0.1, 0.15) is 18.9 Å². The number of fused-ring (bicyclic) bond motifs is 1. The highest BCUT2D eigenvalue weighted by Gasteiger charge is 2.29. The first-order valence-corrected chi connectivity index (χ1v) is 6.70. The first kappa shape index (κ1) is 11.7. The standard InChI is InChI=1S/C12H12N2O2S/c1-2-3-6-9-13-12-10-7-4-5-8-11(10)17(15,16)14-12/h4-5,7-8H,6,9H2,1H3,(H,13,14). The molecule has 0 radical (unpaired) electrons. The normalized spacial score (nSPS) is 18.1. The first-order valence-electron chi connectivity index (χ1n) is 5.21. The van der Waals surface area contributed by atoms with Crippen molar-refractivity contribution < 1.29 is 8.42 Å². The number of hydrogen-bond donors (Lipinski definition) is 1. The summed E-state index contributed by atoms with van der Waals surface area (Å²) in [7, 11) is -3.41. The van der Waals surface area contributed by atoms with Crippen LogP contribution in [0.5, 0.6) is 0 Å². The van der Waals surface area contributed by atoms with Crippen LogP contribution in [0.2, 0.25) is 0 Å². The van der Waals surface area contributed by atoms with Crippen LogP contribution in [0.25, 0.3) is 0 Å². The summed E-state index contributed by atoms with van der Waals surface area (Å²) < 4.78 is 25.9. The molecule has 1 aliphatic rings. The maximum Gasteiger partial charge on any atom is 0.263 e. The van der Waals surface area contributed by atoms with E-state index >= 15 is 0 Å². The molecule has 88 valence electrons. The molecule has 1 aromatic carbocycles. The second kappa shape index (κ2) is 4.60. The van der Waals surface area contributed by atoms with Gasteiger partial charge in [-0.25, -0.2) is 8.42 Å². The Morgan fingerprint density at radius 1 is 1.35 bits per heavy atom. The fraction of sp³-hybridized carbons (Fsp3) is 0.250. The third kappa shape index (κ3) is 2.32. The highest BCUT2D eigenvalue weighted by Crippen LogP contribution is 2.21. The van der Waals surface area contributed by atoms with E-state index in [4.69, 9.17) is 0 Å². The molecule has 0 aromatic heterocycles. The van der Waals surface area contributed by atoms with Crippen LogP contribution in [0.3, 0.4) is 0 Å². The van der Waals surface area contributed by atoms with Gasteiger partial charge in [0.2, 0.25) is 0 Å². The van der Waals surface area contributed by atoms with Crippen molar-refractivity contribution >= 4 is 15.9 Å². The van der Waals surface area contributed by atoms with Crippen molar-refractivity contribution in [3.8, 4) is 11.8 Å². The Morgan fingerprint density at radius 3 is 2.88 bits per heavy atom. The quantitative estimate of drug-likeness (QED) is 0.630. The molecule has 2 rings (SSSR count). The number of benzene rings is 1. The van der Waals surface area contributed by atoms with Gasteiger partial charge in [-0.05, 0) is 19.1 Å². The molecule has 1 heterocycles. The Kier molecular flexibility index (Phi) is 3.16. The maximum absolute atomic E-state index is 11.7. The van der Waals surface area contributed by atoms with Crippen LogP contribution < -0.4 is 4.72 Å². The fourth-order valence-electron chi connectivity index (χ4n) is 1.60. The van der Waals surface area contributed by atoms with Crippen LogP contribution in [0.15, 0.2) is 34.2 Å². The number of nitrogens with zero attached hydrogens (tertiary/aromatic N) is 1. The van der Waals surface area contributed by atoms with E-state index in [-0.39, 0.29) is 0 Å². The zero-order valence-electron chi connectivity index (χ0n) is 9.40. The zero-order chi connectivity index (χ0) is 12.3. The second-order valence-electron chi connectivity index (χ2n) is 3.51. The molecule has 5 heteroatoms. The molecule has 0 saturated carbocycles. The van der Waals surface area contributed by atoms with E-state index in [1.165, 1.54) is 0 Å². The van der Waals surface area contributed by atoms with Crippen LogP contribution in [-0.2, 0) is 10.0 Å². The minimum absolute atomic E-state index is 0.292. The lowest BCUT2D eigenvalue weighted by molar-refractivity contribution is 0.595. The highest BCUT2D eigenvalue weighted by molar-refractivity contribution is 7.90. The van der Waals surface area contributed by atoms with Crippen molar-refractivity contribution in [2.24, 2.45) is 4.99 Å². The van der Waals surface area contributed by atoms with Gasteiger partial charge in [-0.15, -0.1) is 11.8 Å². The summed E-state index contributed by atoms with van der Waals surface area (Å²) in [6.45, 7) is 2.26. The third-order valence-electron chi connectivity index (χ3n) is 2.35. The summed E-state index contributed by atoms with van der Waals surface area (Å²) in [5.74, 6) is 6.07. The van der Waals surface area contributed by atoms with Gasteiger partial charge < -0.3 is 0 Å². The zero-order valence-corrected chi connectivity index (χ0v) is 10.2. The summed E-state index contributed by atoms with van der Waals surface area (Å²) in [4.78, 5) is 4.51. The lowest BCUT2D eigenvalue weighted by Gasteiger charge is -1.96. The van der Waals surface area contributed by atoms with Gasteiger partial charge >= 0.3 is 0 Å². The number of nitrogens with one attached hydrogen (secondary N) is 1. The lowest BCUT2D eigenvalue weighted by atomic mass is 10.2. The Balaban J connectivity index is 2.31. The Morgan fingerprint density at radius 2 is 2.12 bits per heavy atom. The molecule has 4 nitrogen and oxygen atoms in total. The Hall–Kier alpha value is -1.80. The molecule has 0 aliphatic carbocycles. The summed E-state index contributed by atoms with van der Waals surface area (Å²) in [5, 5.41) is 0. The maximum atomic E-state index is 11.7. The third-order valence-corrected chi connectivity index (χ3v) is 3.74. The largest absolute Gasteiger partial charge is 0.266 e. The van der Waals surface area contributed by atoms with Crippen molar-refractivity contribution in [2.75, 3.05) is 6.54 Å². The minimum atomic E-state index is -3.41. The predicted octanol–water partition coefficient (Wildman–Crippen LogP) is 1.14. The molecular formula is C12H12N2O2S. The molecule has 0 unspecified atom stereocenters. The SMILES string of the molecule is CC#CCCN=C1NS(=O)(=O)c2ccccc21. The van der Waals surface area contributed by atoms with Crippen molar-refractivity contribution in [3.63, 3.8) is 0 Å². The predicted molar refractivity (Wildman–Crippen MR) is 66.2 cm³/mol. The number of rotatable bonds is 2. The van der Waals surface area contributed by atoms with Gasteiger partial charge in [-0.3, -0.25) is 9.71 Å². The van der Waals surface area contributed by atoms with Crippen molar-refractivity contribution in [3.05, 3.63) is 29.8 Å². The van der Waals surface area contributed by atoms with Gasteiger partial charge in [0.05, 0.1) is 11.4 Å². The van der Waals surface area contributed by atoms with E-state index in [1.807, 2.05) is 0 Å². The van der Waals surface area contributed by atoms with Gasteiger partial charge in [0, 0.05) is 12.0 Å². The Bertz CT molecular complexity index is 621. The van der Waals surface area contributed by atoms with E-state index in [0.717, 1.165) is 0 Å². The molecule has 0 bridgehead atoms. The topological polar surface area (TPSA) is 58.5 Å². The molecular weight excluding hydrogens is 236 g/mol. The number of sulfonamides is 1. The number of aliphatic imine (C=N–C) groups is 1. The molecule has 0 spiro atoms. The molecule has 1 aliphatic heterocycles. The minimum Gasteiger partial charge on any atom is -0.266 e. The average Bonchev–Trinajstić information content (AvgIpc) is 2.58. The molecule has 0 amide bonds. The summed E-state index contributed by atoms with van der Waals surface area (Å²) in [6.07, 6.45) is 0.629. The van der Waals surface area contributed by atoms with Gasteiger partial charge in [-0.1, -0.05) is 12.1 Å². The molecule has 17 heavy (non-hydrogen) atoms. The number of amidine groups is 1. The van der Waals surface area contributed by atoms with E-state index in [9.17, 15) is 8.42 Å². The van der Waals surface area contributed by atoms with Gasteiger partial charge in [0.15, 0.2) is 0 Å². The first-order chi connectivity index (χ1) is 8.15. The summed E-state index contributed by atoms with van der Waals surface area (Å²) in [6, 6.07) is 6.82. The summed E-state index contributed by atoms with van der Waals surface area (Å²) >= 11 is 0. The van der Waals surface area contributed by atoms with Gasteiger partial charge in [0.1, 0.15) is 5.84 Å². The van der Waals surface area contributed by atoms with E-state index in [2.05, 4.69) is 21.6 Å². The van der Waals surface area contributed by atoms with Crippen molar-refractivity contribution in [1.82, 2.24) is 4.72 Å². The van der Waals surface area contributed by atoms with Gasteiger partial charge in [-0.2, -0.15) is 0 Å².